The largest absolute Gasteiger partial charge is 0.465 e. The molecule has 6 atom stereocenters. The first kappa shape index (κ1) is 19.5. The van der Waals surface area contributed by atoms with Crippen LogP contribution in [-0.2, 0) is 23.8 Å². The Morgan fingerprint density at radius 2 is 1.67 bits per heavy atom. The van der Waals surface area contributed by atoms with Crippen LogP contribution >= 0.6 is 11.8 Å². The predicted octanol–water partition coefficient (Wildman–Crippen LogP) is 2.29. The van der Waals surface area contributed by atoms with E-state index < -0.39 is 0 Å². The molecule has 2 aliphatic heterocycles. The van der Waals surface area contributed by atoms with Crippen molar-refractivity contribution in [3.05, 3.63) is 0 Å². The molecule has 4 rings (SSSR count). The molecular formula is C20H31NO5S. The summed E-state index contributed by atoms with van der Waals surface area (Å²) in [5, 5.41) is 3.03. The highest BCUT2D eigenvalue weighted by atomic mass is 32.2. The molecule has 0 spiro atoms. The van der Waals surface area contributed by atoms with Crippen molar-refractivity contribution in [2.45, 2.75) is 75.8 Å². The number of carbonyl (C=O) groups excluding carboxylic acids is 2. The van der Waals surface area contributed by atoms with Gasteiger partial charge in [0.15, 0.2) is 0 Å². The van der Waals surface area contributed by atoms with Gasteiger partial charge < -0.3 is 19.5 Å². The van der Waals surface area contributed by atoms with Crippen molar-refractivity contribution in [2.24, 2.45) is 11.8 Å². The normalized spacial score (nSPS) is 41.9. The molecule has 2 aliphatic carbocycles. The van der Waals surface area contributed by atoms with Gasteiger partial charge in [0.1, 0.15) is 6.61 Å². The highest BCUT2D eigenvalue weighted by Crippen LogP contribution is 2.50. The molecule has 6 nitrogen and oxygen atoms in total. The van der Waals surface area contributed by atoms with Gasteiger partial charge in [0.05, 0.1) is 29.3 Å². The number of amides is 1. The minimum atomic E-state index is -0.0759. The fourth-order valence-electron chi connectivity index (χ4n) is 4.55. The Bertz CT molecular complexity index is 551. The molecule has 0 aromatic carbocycles. The van der Waals surface area contributed by atoms with E-state index in [0.29, 0.717) is 13.2 Å². The minimum Gasteiger partial charge on any atom is -0.465 e. The molecule has 27 heavy (non-hydrogen) atoms. The Kier molecular flexibility index (Phi) is 5.47. The number of epoxide rings is 2. The lowest BCUT2D eigenvalue weighted by Crippen LogP contribution is -2.36. The second-order valence-electron chi connectivity index (χ2n) is 8.85. The lowest BCUT2D eigenvalue weighted by atomic mass is 9.82. The monoisotopic (exact) mass is 397 g/mol. The minimum absolute atomic E-state index is 0.00246. The van der Waals surface area contributed by atoms with E-state index in [2.05, 4.69) is 19.2 Å². The van der Waals surface area contributed by atoms with Gasteiger partial charge in [-0.1, -0.05) is 0 Å². The van der Waals surface area contributed by atoms with Crippen molar-refractivity contribution in [1.82, 2.24) is 5.32 Å². The van der Waals surface area contributed by atoms with Crippen molar-refractivity contribution in [1.29, 1.82) is 0 Å². The number of fused-ring (bicyclic) bond motifs is 2. The Balaban J connectivity index is 1.01. The molecule has 1 amide bonds. The van der Waals surface area contributed by atoms with E-state index in [1.807, 2.05) is 0 Å². The van der Waals surface area contributed by atoms with Crippen LogP contribution in [0.4, 0.5) is 0 Å². The number of thioether (sulfide) groups is 1. The third kappa shape index (κ3) is 4.46. The Morgan fingerprint density at radius 3 is 2.33 bits per heavy atom. The summed E-state index contributed by atoms with van der Waals surface area (Å²) in [4.78, 5) is 24.3. The number of hydrogen-bond donors (Lipinski definition) is 1. The van der Waals surface area contributed by atoms with Gasteiger partial charge in [-0.05, 0) is 52.4 Å². The molecule has 4 aliphatic rings. The van der Waals surface area contributed by atoms with Crippen LogP contribution in [0.5, 0.6) is 0 Å². The van der Waals surface area contributed by atoms with Gasteiger partial charge in [-0.2, -0.15) is 11.8 Å². The molecule has 6 unspecified atom stereocenters. The predicted molar refractivity (Wildman–Crippen MR) is 103 cm³/mol. The summed E-state index contributed by atoms with van der Waals surface area (Å²) in [5.74, 6) is 1.79. The number of esters is 1. The van der Waals surface area contributed by atoms with Crippen LogP contribution in [0.15, 0.2) is 0 Å². The number of hydrogen-bond acceptors (Lipinski definition) is 6. The van der Waals surface area contributed by atoms with Crippen LogP contribution < -0.4 is 5.32 Å². The van der Waals surface area contributed by atoms with E-state index >= 15 is 0 Å². The zero-order valence-corrected chi connectivity index (χ0v) is 17.1. The Labute approximate surface area is 165 Å². The molecule has 152 valence electrons. The number of ether oxygens (including phenoxy) is 3. The maximum absolute atomic E-state index is 12.2. The van der Waals surface area contributed by atoms with Crippen LogP contribution in [0.1, 0.15) is 52.4 Å². The Hall–Kier alpha value is -0.790. The van der Waals surface area contributed by atoms with Gasteiger partial charge in [-0.15, -0.1) is 0 Å². The summed E-state index contributed by atoms with van der Waals surface area (Å²) < 4.78 is 16.7. The molecule has 4 fully saturated rings. The van der Waals surface area contributed by atoms with E-state index in [-0.39, 0.29) is 47.1 Å². The summed E-state index contributed by atoms with van der Waals surface area (Å²) >= 11 is 1.71. The number of nitrogens with one attached hydrogen (secondary N) is 1. The van der Waals surface area contributed by atoms with Crippen LogP contribution in [0.25, 0.3) is 0 Å². The highest BCUT2D eigenvalue weighted by Gasteiger charge is 2.57. The summed E-state index contributed by atoms with van der Waals surface area (Å²) in [6.45, 7) is 5.37. The van der Waals surface area contributed by atoms with Gasteiger partial charge >= 0.3 is 5.97 Å². The molecular weight excluding hydrogens is 366 g/mol. The summed E-state index contributed by atoms with van der Waals surface area (Å²) in [7, 11) is 0. The smallest absolute Gasteiger partial charge is 0.309 e. The Morgan fingerprint density at radius 1 is 1.04 bits per heavy atom. The molecule has 2 heterocycles. The van der Waals surface area contributed by atoms with Crippen LogP contribution in [0, 0.1) is 11.8 Å². The molecule has 7 heteroatoms. The average Bonchev–Trinajstić information content (AvgIpc) is 3.51. The van der Waals surface area contributed by atoms with Gasteiger partial charge in [-0.3, -0.25) is 9.59 Å². The summed E-state index contributed by atoms with van der Waals surface area (Å²) in [5.41, 5.74) is 0.104. The lowest BCUT2D eigenvalue weighted by molar-refractivity contribution is -0.148. The van der Waals surface area contributed by atoms with Gasteiger partial charge in [0.25, 0.3) is 0 Å². The molecule has 1 N–H and O–H groups in total. The fourth-order valence-corrected chi connectivity index (χ4v) is 5.21. The van der Waals surface area contributed by atoms with E-state index in [4.69, 9.17) is 14.2 Å². The summed E-state index contributed by atoms with van der Waals surface area (Å²) in [6.07, 6.45) is 5.95. The maximum atomic E-state index is 12.2. The zero-order valence-electron chi connectivity index (χ0n) is 16.3. The second kappa shape index (κ2) is 7.56. The SMILES string of the molecule is CC12CCC(C(=O)NCCSCCOC(=O)C3CCC4(C)OC4C3)CC1O2. The average molecular weight is 398 g/mol. The van der Waals surface area contributed by atoms with Crippen molar-refractivity contribution >= 4 is 23.6 Å². The summed E-state index contributed by atoms with van der Waals surface area (Å²) in [6, 6.07) is 0. The van der Waals surface area contributed by atoms with Gasteiger partial charge in [-0.25, -0.2) is 0 Å². The second-order valence-corrected chi connectivity index (χ2v) is 10.1. The van der Waals surface area contributed by atoms with Crippen molar-refractivity contribution in [2.75, 3.05) is 24.7 Å². The van der Waals surface area contributed by atoms with Crippen LogP contribution in [0.3, 0.4) is 0 Å². The topological polar surface area (TPSA) is 80.5 Å². The first-order valence-corrected chi connectivity index (χ1v) is 11.4. The van der Waals surface area contributed by atoms with Crippen molar-refractivity contribution < 1.29 is 23.8 Å². The van der Waals surface area contributed by atoms with Crippen LogP contribution in [0.2, 0.25) is 0 Å². The van der Waals surface area contributed by atoms with Crippen molar-refractivity contribution in [3.63, 3.8) is 0 Å². The van der Waals surface area contributed by atoms with Gasteiger partial charge in [0.2, 0.25) is 5.91 Å². The van der Waals surface area contributed by atoms with Gasteiger partial charge in [0, 0.05) is 24.0 Å². The van der Waals surface area contributed by atoms with E-state index in [1.54, 1.807) is 11.8 Å². The molecule has 2 saturated carbocycles. The first-order chi connectivity index (χ1) is 12.9. The third-order valence-corrected chi connectivity index (χ3v) is 7.72. The van der Waals surface area contributed by atoms with E-state index in [1.165, 1.54) is 0 Å². The quantitative estimate of drug-likeness (QED) is 0.385. The van der Waals surface area contributed by atoms with Crippen LogP contribution in [-0.4, -0.2) is 59.9 Å². The standard InChI is InChI=1S/C20H31NO5S/c1-19-5-3-13(11-15(19)25-19)17(22)21-7-9-27-10-8-24-18(23)14-4-6-20(2)16(12-14)26-20/h13-16H,3-12H2,1-2H3,(H,21,22). The fraction of sp³-hybridized carbons (Fsp3) is 0.900. The number of carbonyl (C=O) groups is 2. The highest BCUT2D eigenvalue weighted by molar-refractivity contribution is 7.99. The lowest BCUT2D eigenvalue weighted by Gasteiger charge is -2.21. The number of rotatable bonds is 8. The third-order valence-electron chi connectivity index (χ3n) is 6.77. The molecule has 0 bridgehead atoms. The maximum Gasteiger partial charge on any atom is 0.309 e. The zero-order chi connectivity index (χ0) is 19.1. The molecule has 2 saturated heterocycles. The van der Waals surface area contributed by atoms with E-state index in [0.717, 1.165) is 50.0 Å². The first-order valence-electron chi connectivity index (χ1n) is 10.3. The van der Waals surface area contributed by atoms with E-state index in [9.17, 15) is 9.59 Å². The van der Waals surface area contributed by atoms with Crippen molar-refractivity contribution in [3.8, 4) is 0 Å². The molecule has 0 aromatic heterocycles. The molecule has 0 aromatic rings. The molecule has 0 radical (unpaired) electrons.